The summed E-state index contributed by atoms with van der Waals surface area (Å²) >= 11 is 0. The third-order valence-electron chi connectivity index (χ3n) is 5.28. The summed E-state index contributed by atoms with van der Waals surface area (Å²) in [5, 5.41) is 5.96. The van der Waals surface area contributed by atoms with Crippen LogP contribution in [0.25, 0.3) is 0 Å². The number of carbonyl (C=O) groups is 2. The van der Waals surface area contributed by atoms with Crippen LogP contribution in [0.4, 0.5) is 0 Å². The van der Waals surface area contributed by atoms with Gasteiger partial charge in [0.2, 0.25) is 11.8 Å². The lowest BCUT2D eigenvalue weighted by atomic mass is 9.81. The number of nitrogens with one attached hydrogen (secondary N) is 2. The Balaban J connectivity index is 1.41. The van der Waals surface area contributed by atoms with Gasteiger partial charge in [-0.2, -0.15) is 0 Å². The molecule has 2 aromatic rings. The first kappa shape index (κ1) is 19.9. The summed E-state index contributed by atoms with van der Waals surface area (Å²) in [6.07, 6.45) is 4.66. The van der Waals surface area contributed by atoms with Gasteiger partial charge in [-0.25, -0.2) is 0 Å². The molecule has 1 saturated carbocycles. The highest BCUT2D eigenvalue weighted by atomic mass is 16.5. The van der Waals surface area contributed by atoms with Crippen molar-refractivity contribution in [1.82, 2.24) is 15.6 Å². The van der Waals surface area contributed by atoms with Crippen molar-refractivity contribution in [3.63, 3.8) is 0 Å². The Hall–Kier alpha value is -2.89. The van der Waals surface area contributed by atoms with Crippen LogP contribution < -0.4 is 15.4 Å². The summed E-state index contributed by atoms with van der Waals surface area (Å²) in [6, 6.07) is 13.3. The van der Waals surface area contributed by atoms with Gasteiger partial charge in [-0.15, -0.1) is 0 Å². The zero-order chi connectivity index (χ0) is 19.8. The first-order chi connectivity index (χ1) is 13.7. The predicted octanol–water partition coefficient (Wildman–Crippen LogP) is 2.83. The van der Waals surface area contributed by atoms with Crippen molar-refractivity contribution in [3.8, 4) is 5.75 Å². The number of para-hydroxylation sites is 1. The third-order valence-corrected chi connectivity index (χ3v) is 5.28. The van der Waals surface area contributed by atoms with Crippen LogP contribution in [0.3, 0.4) is 0 Å². The average Bonchev–Trinajstić information content (AvgIpc) is 2.76. The lowest BCUT2D eigenvalue weighted by Gasteiger charge is -2.27. The number of methoxy groups -OCH3 is 1. The van der Waals surface area contributed by atoms with Crippen molar-refractivity contribution in [3.05, 3.63) is 59.9 Å². The molecule has 6 heteroatoms. The summed E-state index contributed by atoms with van der Waals surface area (Å²) in [7, 11) is 1.63. The molecule has 1 heterocycles. The second-order valence-electron chi connectivity index (χ2n) is 7.12. The second kappa shape index (κ2) is 9.88. The fraction of sp³-hybridized carbons (Fsp3) is 0.409. The van der Waals surface area contributed by atoms with E-state index < -0.39 is 0 Å². The monoisotopic (exact) mass is 381 g/mol. The molecule has 28 heavy (non-hydrogen) atoms. The van der Waals surface area contributed by atoms with Crippen LogP contribution in [0, 0.1) is 11.8 Å². The SMILES string of the molecule is COc1ccccc1CNC(=O)C1CCC(C(=O)NCc2ccccn2)CC1. The largest absolute Gasteiger partial charge is 0.496 e. The van der Waals surface area contributed by atoms with E-state index in [0.717, 1.165) is 42.7 Å². The Kier molecular flexibility index (Phi) is 7.00. The molecule has 0 unspecified atom stereocenters. The van der Waals surface area contributed by atoms with E-state index in [1.165, 1.54) is 0 Å². The molecule has 1 aliphatic rings. The van der Waals surface area contributed by atoms with Gasteiger partial charge >= 0.3 is 0 Å². The van der Waals surface area contributed by atoms with Gasteiger partial charge in [0.05, 0.1) is 19.3 Å². The number of ether oxygens (including phenoxy) is 1. The van der Waals surface area contributed by atoms with Crippen molar-refractivity contribution in [2.24, 2.45) is 11.8 Å². The Morgan fingerprint density at radius 3 is 2.14 bits per heavy atom. The molecule has 6 nitrogen and oxygen atoms in total. The third kappa shape index (κ3) is 5.31. The summed E-state index contributed by atoms with van der Waals surface area (Å²) in [4.78, 5) is 29.1. The van der Waals surface area contributed by atoms with E-state index >= 15 is 0 Å². The minimum atomic E-state index is -0.0328. The molecule has 0 atom stereocenters. The zero-order valence-electron chi connectivity index (χ0n) is 16.2. The average molecular weight is 381 g/mol. The van der Waals surface area contributed by atoms with E-state index in [9.17, 15) is 9.59 Å². The van der Waals surface area contributed by atoms with E-state index in [0.29, 0.717) is 13.1 Å². The molecule has 0 radical (unpaired) electrons. The minimum absolute atomic E-state index is 0.0259. The smallest absolute Gasteiger partial charge is 0.223 e. The zero-order valence-corrected chi connectivity index (χ0v) is 16.2. The van der Waals surface area contributed by atoms with Crippen LogP contribution in [0.15, 0.2) is 48.7 Å². The van der Waals surface area contributed by atoms with Crippen LogP contribution in [0.5, 0.6) is 5.75 Å². The number of benzene rings is 1. The first-order valence-corrected chi connectivity index (χ1v) is 9.74. The van der Waals surface area contributed by atoms with Gasteiger partial charge in [-0.3, -0.25) is 14.6 Å². The number of pyridine rings is 1. The summed E-state index contributed by atoms with van der Waals surface area (Å²) in [5.41, 5.74) is 1.81. The number of hydrogen-bond acceptors (Lipinski definition) is 4. The van der Waals surface area contributed by atoms with Crippen molar-refractivity contribution in [2.45, 2.75) is 38.8 Å². The first-order valence-electron chi connectivity index (χ1n) is 9.74. The maximum atomic E-state index is 12.5. The molecular weight excluding hydrogens is 354 g/mol. The van der Waals surface area contributed by atoms with Crippen LogP contribution in [0.2, 0.25) is 0 Å². The molecule has 1 aromatic carbocycles. The number of hydrogen-bond donors (Lipinski definition) is 2. The van der Waals surface area contributed by atoms with Gasteiger partial charge in [0.25, 0.3) is 0 Å². The Labute approximate surface area is 165 Å². The fourth-order valence-corrected chi connectivity index (χ4v) is 3.62. The van der Waals surface area contributed by atoms with Crippen molar-refractivity contribution in [2.75, 3.05) is 7.11 Å². The quantitative estimate of drug-likeness (QED) is 0.773. The molecule has 2 amide bonds. The molecule has 1 fully saturated rings. The standard InChI is InChI=1S/C22H27N3O3/c1-28-20-8-3-2-6-18(20)14-24-21(26)16-9-11-17(12-10-16)22(27)25-15-19-7-4-5-13-23-19/h2-8,13,16-17H,9-12,14-15H2,1H3,(H,24,26)(H,25,27). The number of rotatable bonds is 7. The summed E-state index contributed by atoms with van der Waals surface area (Å²) < 4.78 is 5.32. The molecule has 0 aliphatic heterocycles. The highest BCUT2D eigenvalue weighted by Crippen LogP contribution is 2.29. The Morgan fingerprint density at radius 1 is 0.929 bits per heavy atom. The highest BCUT2D eigenvalue weighted by Gasteiger charge is 2.29. The summed E-state index contributed by atoms with van der Waals surface area (Å²) in [5.74, 6) is 0.824. The van der Waals surface area contributed by atoms with Gasteiger partial charge in [0, 0.05) is 30.1 Å². The lowest BCUT2D eigenvalue weighted by Crippen LogP contribution is -2.37. The van der Waals surface area contributed by atoms with E-state index in [4.69, 9.17) is 4.74 Å². The van der Waals surface area contributed by atoms with Crippen LogP contribution >= 0.6 is 0 Å². The van der Waals surface area contributed by atoms with Crippen molar-refractivity contribution in [1.29, 1.82) is 0 Å². The van der Waals surface area contributed by atoms with E-state index in [1.54, 1.807) is 13.3 Å². The molecular formula is C22H27N3O3. The van der Waals surface area contributed by atoms with Gasteiger partial charge in [0.1, 0.15) is 5.75 Å². The molecule has 1 aliphatic carbocycles. The number of aromatic nitrogens is 1. The number of carbonyl (C=O) groups excluding carboxylic acids is 2. The minimum Gasteiger partial charge on any atom is -0.496 e. The number of nitrogens with zero attached hydrogens (tertiary/aromatic N) is 1. The maximum Gasteiger partial charge on any atom is 0.223 e. The molecule has 0 spiro atoms. The van der Waals surface area contributed by atoms with Gasteiger partial charge in [0.15, 0.2) is 0 Å². The van der Waals surface area contributed by atoms with Crippen molar-refractivity contribution >= 4 is 11.8 Å². The van der Waals surface area contributed by atoms with Crippen LogP contribution in [0.1, 0.15) is 36.9 Å². The van der Waals surface area contributed by atoms with E-state index in [-0.39, 0.29) is 23.7 Å². The molecule has 3 rings (SSSR count). The molecule has 2 N–H and O–H groups in total. The molecule has 0 saturated heterocycles. The fourth-order valence-electron chi connectivity index (χ4n) is 3.62. The van der Waals surface area contributed by atoms with Gasteiger partial charge in [-0.1, -0.05) is 24.3 Å². The second-order valence-corrected chi connectivity index (χ2v) is 7.12. The van der Waals surface area contributed by atoms with Crippen LogP contribution in [-0.2, 0) is 22.7 Å². The Morgan fingerprint density at radius 2 is 1.54 bits per heavy atom. The predicted molar refractivity (Wildman–Crippen MR) is 106 cm³/mol. The van der Waals surface area contributed by atoms with E-state index in [2.05, 4.69) is 15.6 Å². The molecule has 0 bridgehead atoms. The molecule has 1 aromatic heterocycles. The van der Waals surface area contributed by atoms with Gasteiger partial charge < -0.3 is 15.4 Å². The topological polar surface area (TPSA) is 80.3 Å². The molecule has 148 valence electrons. The summed E-state index contributed by atoms with van der Waals surface area (Å²) in [6.45, 7) is 0.895. The van der Waals surface area contributed by atoms with Crippen LogP contribution in [-0.4, -0.2) is 23.9 Å². The number of amides is 2. The van der Waals surface area contributed by atoms with Gasteiger partial charge in [-0.05, 0) is 43.9 Å². The normalized spacial score (nSPS) is 18.9. The van der Waals surface area contributed by atoms with E-state index in [1.807, 2.05) is 42.5 Å². The Bertz CT molecular complexity index is 787. The lowest BCUT2D eigenvalue weighted by molar-refractivity contribution is -0.130. The maximum absolute atomic E-state index is 12.5. The van der Waals surface area contributed by atoms with Crippen molar-refractivity contribution < 1.29 is 14.3 Å². The highest BCUT2D eigenvalue weighted by molar-refractivity contribution is 5.81.